The number of nitrogens with one attached hydrogen (secondary N) is 1. The molecule has 0 fully saturated rings. The minimum atomic E-state index is -0.367. The standard InChI is InChI=1S/C20H16N4O3/c1-23-19(26)16-8-7-15(11-17(16)20(23)27)22-18(25)14-5-3-13(4-6-14)12-24-10-2-9-21-24/h2-11H,12H2,1H3,(H,22,25). The fourth-order valence-corrected chi connectivity index (χ4v) is 2.98. The Kier molecular flexibility index (Phi) is 4.04. The van der Waals surface area contributed by atoms with Crippen LogP contribution in [0.1, 0.15) is 36.6 Å². The number of nitrogens with zero attached hydrogens (tertiary/aromatic N) is 3. The molecule has 0 aliphatic carbocycles. The summed E-state index contributed by atoms with van der Waals surface area (Å²) < 4.78 is 1.80. The van der Waals surface area contributed by atoms with Crippen LogP contribution in [0.5, 0.6) is 0 Å². The number of carbonyl (C=O) groups is 3. The molecule has 0 saturated heterocycles. The van der Waals surface area contributed by atoms with Gasteiger partial charge in [0.15, 0.2) is 0 Å². The van der Waals surface area contributed by atoms with E-state index in [9.17, 15) is 14.4 Å². The van der Waals surface area contributed by atoms with Crippen LogP contribution >= 0.6 is 0 Å². The Hall–Kier alpha value is -3.74. The van der Waals surface area contributed by atoms with E-state index in [0.29, 0.717) is 28.9 Å². The molecule has 7 heteroatoms. The molecular formula is C20H16N4O3. The van der Waals surface area contributed by atoms with E-state index in [1.54, 1.807) is 35.1 Å². The highest BCUT2D eigenvalue weighted by Crippen LogP contribution is 2.25. The highest BCUT2D eigenvalue weighted by Gasteiger charge is 2.32. The number of amides is 3. The molecule has 0 saturated carbocycles. The molecule has 0 unspecified atom stereocenters. The Bertz CT molecular complexity index is 1040. The molecule has 1 aliphatic rings. The lowest BCUT2D eigenvalue weighted by molar-refractivity contribution is 0.0692. The molecule has 3 amide bonds. The zero-order valence-corrected chi connectivity index (χ0v) is 14.5. The summed E-state index contributed by atoms with van der Waals surface area (Å²) in [6.45, 7) is 0.628. The predicted octanol–water partition coefficient (Wildman–Crippen LogP) is 2.41. The fraction of sp³-hybridized carbons (Fsp3) is 0.100. The van der Waals surface area contributed by atoms with Crippen LogP contribution < -0.4 is 5.32 Å². The Labute approximate surface area is 155 Å². The maximum atomic E-state index is 12.5. The topological polar surface area (TPSA) is 84.3 Å². The van der Waals surface area contributed by atoms with Crippen molar-refractivity contribution in [2.45, 2.75) is 6.54 Å². The van der Waals surface area contributed by atoms with Crippen LogP contribution in [0.25, 0.3) is 0 Å². The molecule has 7 nitrogen and oxygen atoms in total. The van der Waals surface area contributed by atoms with E-state index in [-0.39, 0.29) is 17.7 Å². The summed E-state index contributed by atoms with van der Waals surface area (Å²) in [5.41, 5.74) is 2.65. The van der Waals surface area contributed by atoms with Crippen molar-refractivity contribution >= 4 is 23.4 Å². The number of benzene rings is 2. The van der Waals surface area contributed by atoms with Crippen LogP contribution in [-0.4, -0.2) is 39.4 Å². The Morgan fingerprint density at radius 3 is 2.48 bits per heavy atom. The average Bonchev–Trinajstić information content (AvgIpc) is 3.26. The highest BCUT2D eigenvalue weighted by atomic mass is 16.2. The SMILES string of the molecule is CN1C(=O)c2ccc(NC(=O)c3ccc(Cn4cccn4)cc3)cc2C1=O. The van der Waals surface area contributed by atoms with Crippen LogP contribution in [0, 0.1) is 0 Å². The Morgan fingerprint density at radius 1 is 1.04 bits per heavy atom. The number of hydrogen-bond donors (Lipinski definition) is 1. The van der Waals surface area contributed by atoms with Gasteiger partial charge in [-0.2, -0.15) is 5.10 Å². The van der Waals surface area contributed by atoms with Gasteiger partial charge >= 0.3 is 0 Å². The molecule has 1 N–H and O–H groups in total. The van der Waals surface area contributed by atoms with Gasteiger partial charge in [-0.05, 0) is 42.0 Å². The van der Waals surface area contributed by atoms with Crippen molar-refractivity contribution in [2.24, 2.45) is 0 Å². The molecule has 27 heavy (non-hydrogen) atoms. The van der Waals surface area contributed by atoms with Crippen molar-refractivity contribution in [3.05, 3.63) is 83.2 Å². The summed E-state index contributed by atoms with van der Waals surface area (Å²) >= 11 is 0. The zero-order valence-electron chi connectivity index (χ0n) is 14.5. The fourth-order valence-electron chi connectivity index (χ4n) is 2.98. The van der Waals surface area contributed by atoms with Crippen molar-refractivity contribution in [1.29, 1.82) is 0 Å². The van der Waals surface area contributed by atoms with Crippen LogP contribution in [-0.2, 0) is 6.54 Å². The first-order chi connectivity index (χ1) is 13.0. The normalized spacial score (nSPS) is 13.0. The molecule has 0 bridgehead atoms. The minimum Gasteiger partial charge on any atom is -0.322 e. The van der Waals surface area contributed by atoms with Gasteiger partial charge in [-0.1, -0.05) is 12.1 Å². The van der Waals surface area contributed by atoms with E-state index in [0.717, 1.165) is 10.5 Å². The molecule has 0 radical (unpaired) electrons. The van der Waals surface area contributed by atoms with Gasteiger partial charge in [-0.25, -0.2) is 0 Å². The summed E-state index contributed by atoms with van der Waals surface area (Å²) in [4.78, 5) is 37.5. The third-order valence-corrected chi connectivity index (χ3v) is 4.47. The van der Waals surface area contributed by atoms with E-state index in [1.165, 1.54) is 13.1 Å². The monoisotopic (exact) mass is 360 g/mol. The summed E-state index contributed by atoms with van der Waals surface area (Å²) in [5, 5.41) is 6.92. The summed E-state index contributed by atoms with van der Waals surface area (Å²) in [6, 6.07) is 13.8. The summed E-state index contributed by atoms with van der Waals surface area (Å²) in [6.07, 6.45) is 3.59. The van der Waals surface area contributed by atoms with Gasteiger partial charge in [0.1, 0.15) is 0 Å². The zero-order chi connectivity index (χ0) is 19.0. The van der Waals surface area contributed by atoms with Crippen LogP contribution in [0.15, 0.2) is 60.9 Å². The number of rotatable bonds is 4. The lowest BCUT2D eigenvalue weighted by atomic mass is 10.1. The molecule has 1 aromatic heterocycles. The molecule has 134 valence electrons. The first-order valence-corrected chi connectivity index (χ1v) is 8.37. The molecule has 2 heterocycles. The summed E-state index contributed by atoms with van der Waals surface area (Å²) in [5.74, 6) is -0.986. The smallest absolute Gasteiger partial charge is 0.261 e. The molecule has 2 aromatic carbocycles. The molecular weight excluding hydrogens is 344 g/mol. The predicted molar refractivity (Wildman–Crippen MR) is 98.6 cm³/mol. The van der Waals surface area contributed by atoms with E-state index >= 15 is 0 Å². The van der Waals surface area contributed by atoms with Crippen molar-refractivity contribution < 1.29 is 14.4 Å². The van der Waals surface area contributed by atoms with Crippen LogP contribution in [0.3, 0.4) is 0 Å². The number of anilines is 1. The molecule has 4 rings (SSSR count). The molecule has 3 aromatic rings. The Morgan fingerprint density at radius 2 is 1.78 bits per heavy atom. The Balaban J connectivity index is 1.48. The summed E-state index contributed by atoms with van der Waals surface area (Å²) in [7, 11) is 1.44. The average molecular weight is 360 g/mol. The van der Waals surface area contributed by atoms with E-state index in [1.807, 2.05) is 24.4 Å². The van der Waals surface area contributed by atoms with Gasteiger partial charge in [0, 0.05) is 30.7 Å². The largest absolute Gasteiger partial charge is 0.322 e. The number of fused-ring (bicyclic) bond motifs is 1. The maximum absolute atomic E-state index is 12.5. The van der Waals surface area contributed by atoms with Gasteiger partial charge in [0.2, 0.25) is 0 Å². The first kappa shape index (κ1) is 16.7. The van der Waals surface area contributed by atoms with Gasteiger partial charge < -0.3 is 5.32 Å². The van der Waals surface area contributed by atoms with Gasteiger partial charge in [0.05, 0.1) is 17.7 Å². The van der Waals surface area contributed by atoms with E-state index in [2.05, 4.69) is 10.4 Å². The van der Waals surface area contributed by atoms with E-state index in [4.69, 9.17) is 0 Å². The van der Waals surface area contributed by atoms with Crippen LogP contribution in [0.4, 0.5) is 5.69 Å². The van der Waals surface area contributed by atoms with Crippen molar-refractivity contribution in [1.82, 2.24) is 14.7 Å². The van der Waals surface area contributed by atoms with Gasteiger partial charge in [-0.3, -0.25) is 24.0 Å². The lowest BCUT2D eigenvalue weighted by Gasteiger charge is -2.07. The van der Waals surface area contributed by atoms with Crippen molar-refractivity contribution in [2.75, 3.05) is 12.4 Å². The number of hydrogen-bond acceptors (Lipinski definition) is 4. The number of carbonyl (C=O) groups excluding carboxylic acids is 3. The van der Waals surface area contributed by atoms with Crippen LogP contribution in [0.2, 0.25) is 0 Å². The quantitative estimate of drug-likeness (QED) is 0.724. The molecule has 1 aliphatic heterocycles. The second kappa shape index (κ2) is 6.53. The molecule has 0 atom stereocenters. The maximum Gasteiger partial charge on any atom is 0.261 e. The second-order valence-corrected chi connectivity index (χ2v) is 6.28. The third-order valence-electron chi connectivity index (χ3n) is 4.47. The van der Waals surface area contributed by atoms with Crippen molar-refractivity contribution in [3.8, 4) is 0 Å². The number of aromatic nitrogens is 2. The van der Waals surface area contributed by atoms with Crippen molar-refractivity contribution in [3.63, 3.8) is 0 Å². The molecule has 0 spiro atoms. The second-order valence-electron chi connectivity index (χ2n) is 6.28. The highest BCUT2D eigenvalue weighted by molar-refractivity contribution is 6.21. The minimum absolute atomic E-state index is 0.286. The van der Waals surface area contributed by atoms with E-state index < -0.39 is 0 Å². The third kappa shape index (κ3) is 3.10. The lowest BCUT2D eigenvalue weighted by Crippen LogP contribution is -2.24. The number of imide groups is 1. The first-order valence-electron chi connectivity index (χ1n) is 8.37. The van der Waals surface area contributed by atoms with Gasteiger partial charge in [-0.15, -0.1) is 0 Å². The van der Waals surface area contributed by atoms with Gasteiger partial charge in [0.25, 0.3) is 17.7 Å².